The molecule has 0 bridgehead atoms. The fourth-order valence-electron chi connectivity index (χ4n) is 1.13. The fraction of sp³-hybridized carbons (Fsp3) is 0. The van der Waals surface area contributed by atoms with E-state index in [0.29, 0.717) is 10.9 Å². The zero-order chi connectivity index (χ0) is 9.26. The standard InChI is InChI=1S/C8H5N3O2/c12-7-2-1-6(11-13)5-3-4-9-10-8(5)7/h1-4,12H. The number of nitroso groups, excluding NO2 is 1. The number of fused-ring (bicyclic) bond motifs is 1. The molecule has 0 fully saturated rings. The molecule has 0 aliphatic rings. The maximum atomic E-state index is 10.4. The smallest absolute Gasteiger partial charge is 0.143 e. The van der Waals surface area contributed by atoms with Crippen LogP contribution in [-0.2, 0) is 0 Å². The molecule has 0 radical (unpaired) electrons. The lowest BCUT2D eigenvalue weighted by Gasteiger charge is -1.98. The third-order valence-electron chi connectivity index (χ3n) is 1.74. The van der Waals surface area contributed by atoms with E-state index < -0.39 is 0 Å². The highest BCUT2D eigenvalue weighted by Gasteiger charge is 2.05. The lowest BCUT2D eigenvalue weighted by atomic mass is 10.2. The molecule has 1 N–H and O–H groups in total. The van der Waals surface area contributed by atoms with E-state index in [4.69, 9.17) is 0 Å². The highest BCUT2D eigenvalue weighted by molar-refractivity contribution is 5.93. The van der Waals surface area contributed by atoms with Crippen LogP contribution in [0.1, 0.15) is 0 Å². The highest BCUT2D eigenvalue weighted by atomic mass is 16.3. The Morgan fingerprint density at radius 3 is 2.92 bits per heavy atom. The Bertz CT molecular complexity index is 470. The summed E-state index contributed by atoms with van der Waals surface area (Å²) in [5, 5.41) is 19.9. The predicted molar refractivity (Wildman–Crippen MR) is 46.7 cm³/mol. The van der Waals surface area contributed by atoms with Gasteiger partial charge in [-0.1, -0.05) is 0 Å². The van der Waals surface area contributed by atoms with E-state index >= 15 is 0 Å². The van der Waals surface area contributed by atoms with Crippen LogP contribution in [0.4, 0.5) is 5.69 Å². The van der Waals surface area contributed by atoms with Gasteiger partial charge in [-0.2, -0.15) is 5.10 Å². The van der Waals surface area contributed by atoms with Gasteiger partial charge in [0.05, 0.1) is 6.20 Å². The van der Waals surface area contributed by atoms with Gasteiger partial charge in [-0.15, -0.1) is 10.0 Å². The van der Waals surface area contributed by atoms with Gasteiger partial charge in [0.15, 0.2) is 0 Å². The summed E-state index contributed by atoms with van der Waals surface area (Å²) in [6, 6.07) is 4.39. The number of rotatable bonds is 1. The quantitative estimate of drug-likeness (QED) is 0.669. The minimum atomic E-state index is -0.00417. The second kappa shape index (κ2) is 2.78. The molecule has 0 saturated carbocycles. The number of nitrogens with zero attached hydrogens (tertiary/aromatic N) is 3. The third-order valence-corrected chi connectivity index (χ3v) is 1.74. The van der Waals surface area contributed by atoms with Gasteiger partial charge in [0.1, 0.15) is 17.0 Å². The van der Waals surface area contributed by atoms with Crippen molar-refractivity contribution >= 4 is 16.6 Å². The Morgan fingerprint density at radius 1 is 1.31 bits per heavy atom. The third kappa shape index (κ3) is 1.10. The van der Waals surface area contributed by atoms with Crippen LogP contribution in [-0.4, -0.2) is 15.3 Å². The monoisotopic (exact) mass is 175 g/mol. The van der Waals surface area contributed by atoms with E-state index in [0.717, 1.165) is 0 Å². The van der Waals surface area contributed by atoms with Crippen molar-refractivity contribution in [3.05, 3.63) is 29.3 Å². The molecule has 2 aromatic rings. The average Bonchev–Trinajstić information content (AvgIpc) is 2.19. The SMILES string of the molecule is O=Nc1ccc(O)c2nnccc12. The van der Waals surface area contributed by atoms with E-state index in [1.165, 1.54) is 18.3 Å². The molecule has 1 aromatic carbocycles. The minimum Gasteiger partial charge on any atom is -0.506 e. The summed E-state index contributed by atoms with van der Waals surface area (Å²) < 4.78 is 0. The number of hydrogen-bond donors (Lipinski definition) is 1. The molecule has 0 spiro atoms. The van der Waals surface area contributed by atoms with Gasteiger partial charge in [-0.3, -0.25) is 0 Å². The fourth-order valence-corrected chi connectivity index (χ4v) is 1.13. The summed E-state index contributed by atoms with van der Waals surface area (Å²) in [5.41, 5.74) is 0.544. The largest absolute Gasteiger partial charge is 0.506 e. The van der Waals surface area contributed by atoms with Gasteiger partial charge in [-0.25, -0.2) is 0 Å². The van der Waals surface area contributed by atoms with E-state index in [2.05, 4.69) is 15.4 Å². The number of phenols is 1. The zero-order valence-electron chi connectivity index (χ0n) is 6.51. The number of aromatic nitrogens is 2. The normalized spacial score (nSPS) is 10.2. The summed E-state index contributed by atoms with van der Waals surface area (Å²) in [4.78, 5) is 10.4. The topological polar surface area (TPSA) is 75.4 Å². The second-order valence-corrected chi connectivity index (χ2v) is 2.49. The van der Waals surface area contributed by atoms with Crippen molar-refractivity contribution in [2.24, 2.45) is 5.18 Å². The minimum absolute atomic E-state index is 0.00417. The second-order valence-electron chi connectivity index (χ2n) is 2.49. The van der Waals surface area contributed by atoms with Gasteiger partial charge in [-0.05, 0) is 23.4 Å². The summed E-state index contributed by atoms with van der Waals surface area (Å²) in [6.07, 6.45) is 1.44. The van der Waals surface area contributed by atoms with Crippen LogP contribution in [0.25, 0.3) is 10.9 Å². The molecule has 64 valence electrons. The molecular weight excluding hydrogens is 170 g/mol. The molecular formula is C8H5N3O2. The van der Waals surface area contributed by atoms with Crippen molar-refractivity contribution in [3.8, 4) is 5.75 Å². The van der Waals surface area contributed by atoms with E-state index in [1.54, 1.807) is 6.07 Å². The molecule has 2 rings (SSSR count). The van der Waals surface area contributed by atoms with Gasteiger partial charge < -0.3 is 5.11 Å². The Hall–Kier alpha value is -2.04. The maximum Gasteiger partial charge on any atom is 0.143 e. The van der Waals surface area contributed by atoms with Crippen LogP contribution in [0.2, 0.25) is 0 Å². The number of phenolic OH excluding ortho intramolecular Hbond substituents is 1. The van der Waals surface area contributed by atoms with Crippen LogP contribution in [0, 0.1) is 4.91 Å². The molecule has 5 heteroatoms. The van der Waals surface area contributed by atoms with Crippen molar-refractivity contribution < 1.29 is 5.11 Å². The van der Waals surface area contributed by atoms with Crippen LogP contribution >= 0.6 is 0 Å². The first-order valence-corrected chi connectivity index (χ1v) is 3.59. The highest BCUT2D eigenvalue weighted by Crippen LogP contribution is 2.29. The molecule has 0 atom stereocenters. The van der Waals surface area contributed by atoms with Gasteiger partial charge in [0.25, 0.3) is 0 Å². The summed E-state index contributed by atoms with van der Waals surface area (Å²) in [5.74, 6) is -0.00417. The lowest BCUT2D eigenvalue weighted by Crippen LogP contribution is -1.82. The van der Waals surface area contributed by atoms with Crippen molar-refractivity contribution in [2.45, 2.75) is 0 Å². The molecule has 1 aromatic heterocycles. The Labute approximate surface area is 73.0 Å². The van der Waals surface area contributed by atoms with Gasteiger partial charge in [0, 0.05) is 5.39 Å². The first-order chi connectivity index (χ1) is 6.33. The van der Waals surface area contributed by atoms with Crippen LogP contribution < -0.4 is 0 Å². The van der Waals surface area contributed by atoms with Gasteiger partial charge >= 0.3 is 0 Å². The van der Waals surface area contributed by atoms with Crippen LogP contribution in [0.15, 0.2) is 29.6 Å². The first-order valence-electron chi connectivity index (χ1n) is 3.59. The Balaban J connectivity index is 2.92. The molecule has 0 amide bonds. The van der Waals surface area contributed by atoms with Crippen molar-refractivity contribution in [2.75, 3.05) is 0 Å². The van der Waals surface area contributed by atoms with Gasteiger partial charge in [0.2, 0.25) is 0 Å². The van der Waals surface area contributed by atoms with E-state index in [1.807, 2.05) is 0 Å². The summed E-state index contributed by atoms with van der Waals surface area (Å²) in [6.45, 7) is 0. The molecule has 0 aliphatic carbocycles. The Kier molecular flexibility index (Phi) is 1.63. The molecule has 0 aliphatic heterocycles. The Morgan fingerprint density at radius 2 is 2.15 bits per heavy atom. The van der Waals surface area contributed by atoms with Crippen LogP contribution in [0.3, 0.4) is 0 Å². The van der Waals surface area contributed by atoms with Crippen molar-refractivity contribution in [1.29, 1.82) is 0 Å². The predicted octanol–water partition coefficient (Wildman–Crippen LogP) is 1.73. The molecule has 0 unspecified atom stereocenters. The van der Waals surface area contributed by atoms with E-state index in [-0.39, 0.29) is 11.4 Å². The van der Waals surface area contributed by atoms with Crippen LogP contribution in [0.5, 0.6) is 5.75 Å². The van der Waals surface area contributed by atoms with Crippen molar-refractivity contribution in [1.82, 2.24) is 10.2 Å². The molecule has 1 heterocycles. The summed E-state index contributed by atoms with van der Waals surface area (Å²) >= 11 is 0. The maximum absolute atomic E-state index is 10.4. The lowest BCUT2D eigenvalue weighted by molar-refractivity contribution is 0.480. The summed E-state index contributed by atoms with van der Waals surface area (Å²) in [7, 11) is 0. The number of aromatic hydroxyl groups is 1. The van der Waals surface area contributed by atoms with E-state index in [9.17, 15) is 10.0 Å². The molecule has 5 nitrogen and oxygen atoms in total. The average molecular weight is 175 g/mol. The zero-order valence-corrected chi connectivity index (χ0v) is 6.51. The number of hydrogen-bond acceptors (Lipinski definition) is 5. The molecule has 0 saturated heterocycles. The molecule has 13 heavy (non-hydrogen) atoms. The number of benzene rings is 1. The first kappa shape index (κ1) is 7.60. The van der Waals surface area contributed by atoms with Crippen molar-refractivity contribution in [3.63, 3.8) is 0 Å².